The highest BCUT2D eigenvalue weighted by molar-refractivity contribution is 5.80. The third-order valence-corrected chi connectivity index (χ3v) is 7.15. The number of nitrogens with zero attached hydrogens (tertiary/aromatic N) is 1. The van der Waals surface area contributed by atoms with Gasteiger partial charge >= 0.3 is 0 Å². The number of aromatic nitrogens is 2. The first kappa shape index (κ1) is 19.4. The minimum absolute atomic E-state index is 0.103. The van der Waals surface area contributed by atoms with E-state index in [1.807, 2.05) is 30.3 Å². The zero-order valence-corrected chi connectivity index (χ0v) is 17.1. The molecule has 162 valence electrons. The number of pyridine rings is 1. The second kappa shape index (κ2) is 7.10. The highest BCUT2D eigenvalue weighted by Gasteiger charge is 2.47. The van der Waals surface area contributed by atoms with Crippen LogP contribution in [0.25, 0.3) is 22.3 Å². The third-order valence-electron chi connectivity index (χ3n) is 7.15. The van der Waals surface area contributed by atoms with E-state index in [0.29, 0.717) is 36.4 Å². The van der Waals surface area contributed by atoms with Crippen LogP contribution in [0.15, 0.2) is 36.4 Å². The molecular weight excluding hydrogens is 399 g/mol. The summed E-state index contributed by atoms with van der Waals surface area (Å²) in [6, 6.07) is 11.2. The molecule has 3 aromatic rings. The van der Waals surface area contributed by atoms with E-state index in [-0.39, 0.29) is 36.0 Å². The number of fused-ring (bicyclic) bond motifs is 2. The van der Waals surface area contributed by atoms with Crippen molar-refractivity contribution in [2.45, 2.75) is 43.0 Å². The maximum absolute atomic E-state index is 14.9. The summed E-state index contributed by atoms with van der Waals surface area (Å²) in [5.41, 5.74) is 4.37. The standard InChI is InChI=1S/C24H25FN2O4/c25-17-9-19-18(8-16(26-19)7-14-10-30-23-20(29)11-31-22(14)23)27-21(17)13-1-3-15(4-2-13)24(12-28)5-6-24/h1-4,8-9,14,20,22-23,26,28-29H,5-7,10-12H2/t14?,20?,22-,23-/m1/s1. The first-order valence-electron chi connectivity index (χ1n) is 10.9. The summed E-state index contributed by atoms with van der Waals surface area (Å²) < 4.78 is 26.3. The number of benzene rings is 1. The zero-order valence-electron chi connectivity index (χ0n) is 17.1. The van der Waals surface area contributed by atoms with Crippen LogP contribution in [0, 0.1) is 11.7 Å². The average molecular weight is 424 g/mol. The number of nitrogens with one attached hydrogen (secondary N) is 1. The van der Waals surface area contributed by atoms with Crippen molar-refractivity contribution in [3.63, 3.8) is 0 Å². The lowest BCUT2D eigenvalue weighted by atomic mass is 9.95. The van der Waals surface area contributed by atoms with Crippen LogP contribution in [-0.2, 0) is 21.3 Å². The Labute approximate surface area is 179 Å². The van der Waals surface area contributed by atoms with Gasteiger partial charge in [0.2, 0.25) is 0 Å². The molecule has 2 saturated heterocycles. The molecule has 6 nitrogen and oxygen atoms in total. The molecule has 0 amide bonds. The molecule has 2 aromatic heterocycles. The second-order valence-electron chi connectivity index (χ2n) is 9.19. The number of aliphatic hydroxyl groups excluding tert-OH is 2. The van der Waals surface area contributed by atoms with Crippen molar-refractivity contribution in [2.24, 2.45) is 5.92 Å². The van der Waals surface area contributed by atoms with E-state index in [9.17, 15) is 14.6 Å². The summed E-state index contributed by atoms with van der Waals surface area (Å²) in [5.74, 6) is -0.225. The molecule has 0 spiro atoms. The van der Waals surface area contributed by atoms with Gasteiger partial charge in [0.1, 0.15) is 17.9 Å². The number of ether oxygens (including phenoxy) is 2. The fraction of sp³-hybridized carbons (Fsp3) is 0.458. The Morgan fingerprint density at radius 3 is 2.61 bits per heavy atom. The summed E-state index contributed by atoms with van der Waals surface area (Å²) in [4.78, 5) is 7.86. The van der Waals surface area contributed by atoms with Gasteiger partial charge in [-0.15, -0.1) is 0 Å². The van der Waals surface area contributed by atoms with E-state index in [1.165, 1.54) is 6.07 Å². The van der Waals surface area contributed by atoms with E-state index in [2.05, 4.69) is 9.97 Å². The third kappa shape index (κ3) is 3.19. The lowest BCUT2D eigenvalue weighted by Gasteiger charge is -2.14. The number of hydrogen-bond acceptors (Lipinski definition) is 5. The molecule has 2 unspecified atom stereocenters. The van der Waals surface area contributed by atoms with E-state index in [0.717, 1.165) is 29.7 Å². The lowest BCUT2D eigenvalue weighted by molar-refractivity contribution is 0.0169. The molecule has 4 atom stereocenters. The summed E-state index contributed by atoms with van der Waals surface area (Å²) in [6.45, 7) is 0.998. The number of H-pyrrole nitrogens is 1. The van der Waals surface area contributed by atoms with Crippen LogP contribution in [0.3, 0.4) is 0 Å². The van der Waals surface area contributed by atoms with Gasteiger partial charge in [0.05, 0.1) is 37.0 Å². The maximum Gasteiger partial charge on any atom is 0.151 e. The van der Waals surface area contributed by atoms with Gasteiger partial charge in [-0.3, -0.25) is 0 Å². The normalized spacial score (nSPS) is 28.9. The smallest absolute Gasteiger partial charge is 0.151 e. The average Bonchev–Trinajstić information content (AvgIpc) is 3.12. The van der Waals surface area contributed by atoms with Gasteiger partial charge in [0, 0.05) is 28.7 Å². The van der Waals surface area contributed by atoms with Crippen molar-refractivity contribution in [1.82, 2.24) is 9.97 Å². The molecule has 0 radical (unpaired) electrons. The molecule has 2 aliphatic heterocycles. The van der Waals surface area contributed by atoms with Crippen LogP contribution >= 0.6 is 0 Å². The van der Waals surface area contributed by atoms with E-state index >= 15 is 0 Å². The molecule has 6 rings (SSSR count). The van der Waals surface area contributed by atoms with Crippen LogP contribution in [0.4, 0.5) is 4.39 Å². The number of hydrogen-bond donors (Lipinski definition) is 3. The number of aliphatic hydroxyl groups is 2. The Balaban J connectivity index is 1.26. The molecular formula is C24H25FN2O4. The number of halogens is 1. The van der Waals surface area contributed by atoms with Crippen molar-refractivity contribution in [3.05, 3.63) is 53.5 Å². The molecule has 3 fully saturated rings. The summed E-state index contributed by atoms with van der Waals surface area (Å²) in [6.07, 6.45) is 1.76. The fourth-order valence-electron chi connectivity index (χ4n) is 5.09. The monoisotopic (exact) mass is 424 g/mol. The Bertz CT molecular complexity index is 1120. The summed E-state index contributed by atoms with van der Waals surface area (Å²) in [7, 11) is 0. The Morgan fingerprint density at radius 2 is 1.87 bits per heavy atom. The van der Waals surface area contributed by atoms with Gasteiger partial charge in [-0.2, -0.15) is 0 Å². The highest BCUT2D eigenvalue weighted by atomic mass is 19.1. The highest BCUT2D eigenvalue weighted by Crippen LogP contribution is 2.47. The topological polar surface area (TPSA) is 87.6 Å². The van der Waals surface area contributed by atoms with E-state index < -0.39 is 6.10 Å². The minimum atomic E-state index is -0.561. The SMILES string of the molecule is OCC1(c2ccc(-c3nc4cc(CC5CO[C@@H]6C(O)CO[C@H]56)[nH]c4cc3F)cc2)CC1. The van der Waals surface area contributed by atoms with Gasteiger partial charge in [0.25, 0.3) is 0 Å². The molecule has 1 aliphatic carbocycles. The quantitative estimate of drug-likeness (QED) is 0.586. The van der Waals surface area contributed by atoms with E-state index in [4.69, 9.17) is 9.47 Å². The van der Waals surface area contributed by atoms with E-state index in [1.54, 1.807) is 0 Å². The molecule has 4 heterocycles. The molecule has 7 heteroatoms. The van der Waals surface area contributed by atoms with Crippen molar-refractivity contribution in [3.8, 4) is 11.3 Å². The Kier molecular flexibility index (Phi) is 4.44. The van der Waals surface area contributed by atoms with Crippen LogP contribution < -0.4 is 0 Å². The van der Waals surface area contributed by atoms with Crippen molar-refractivity contribution >= 4 is 11.0 Å². The van der Waals surface area contributed by atoms with Crippen LogP contribution in [0.2, 0.25) is 0 Å². The molecule has 31 heavy (non-hydrogen) atoms. The van der Waals surface area contributed by atoms with Gasteiger partial charge in [-0.1, -0.05) is 24.3 Å². The van der Waals surface area contributed by atoms with Gasteiger partial charge in [-0.25, -0.2) is 9.37 Å². The Morgan fingerprint density at radius 1 is 1.10 bits per heavy atom. The molecule has 3 aliphatic rings. The molecule has 3 N–H and O–H groups in total. The predicted octanol–water partition coefficient (Wildman–Crippen LogP) is 2.71. The lowest BCUT2D eigenvalue weighted by Crippen LogP contribution is -2.29. The number of aromatic amines is 1. The molecule has 1 saturated carbocycles. The summed E-state index contributed by atoms with van der Waals surface area (Å²) >= 11 is 0. The second-order valence-corrected chi connectivity index (χ2v) is 9.19. The zero-order chi connectivity index (χ0) is 21.2. The largest absolute Gasteiger partial charge is 0.395 e. The van der Waals surface area contributed by atoms with Crippen LogP contribution in [-0.4, -0.2) is 58.3 Å². The van der Waals surface area contributed by atoms with Crippen LogP contribution in [0.5, 0.6) is 0 Å². The van der Waals surface area contributed by atoms with Gasteiger partial charge < -0.3 is 24.7 Å². The number of rotatable bonds is 5. The first-order chi connectivity index (χ1) is 15.1. The van der Waals surface area contributed by atoms with Crippen molar-refractivity contribution in [2.75, 3.05) is 19.8 Å². The molecule has 0 bridgehead atoms. The minimum Gasteiger partial charge on any atom is -0.395 e. The maximum atomic E-state index is 14.9. The fourth-order valence-corrected chi connectivity index (χ4v) is 5.09. The van der Waals surface area contributed by atoms with Gasteiger partial charge in [0.15, 0.2) is 5.82 Å². The van der Waals surface area contributed by atoms with Crippen molar-refractivity contribution in [1.29, 1.82) is 0 Å². The summed E-state index contributed by atoms with van der Waals surface area (Å²) in [5, 5.41) is 19.5. The van der Waals surface area contributed by atoms with Crippen molar-refractivity contribution < 1.29 is 24.1 Å². The van der Waals surface area contributed by atoms with Crippen LogP contribution in [0.1, 0.15) is 24.1 Å². The van der Waals surface area contributed by atoms with Gasteiger partial charge in [-0.05, 0) is 30.9 Å². The Hall–Kier alpha value is -2.32. The predicted molar refractivity (Wildman–Crippen MR) is 112 cm³/mol. The molecule has 1 aromatic carbocycles. The first-order valence-corrected chi connectivity index (χ1v) is 10.9.